The maximum atomic E-state index is 12.4. The van der Waals surface area contributed by atoms with Crippen molar-refractivity contribution >= 4 is 43.8 Å². The van der Waals surface area contributed by atoms with Crippen LogP contribution in [0.4, 0.5) is 16.5 Å². The fraction of sp³-hybridized carbons (Fsp3) is 0.211. The Labute approximate surface area is 164 Å². The maximum absolute atomic E-state index is 12.4. The van der Waals surface area contributed by atoms with Gasteiger partial charge in [-0.3, -0.25) is 19.7 Å². The third-order valence-corrected chi connectivity index (χ3v) is 5.33. The van der Waals surface area contributed by atoms with Gasteiger partial charge in [0.25, 0.3) is 17.2 Å². The van der Waals surface area contributed by atoms with Crippen LogP contribution >= 0.6 is 11.3 Å². The Hall–Kier alpha value is -3.33. The third kappa shape index (κ3) is 3.99. The molecule has 2 aromatic carbocycles. The van der Waals surface area contributed by atoms with E-state index in [1.54, 1.807) is 18.2 Å². The molecule has 3 aromatic rings. The van der Waals surface area contributed by atoms with Crippen molar-refractivity contribution in [3.63, 3.8) is 0 Å². The van der Waals surface area contributed by atoms with Crippen molar-refractivity contribution in [2.75, 3.05) is 23.3 Å². The quantitative estimate of drug-likeness (QED) is 0.502. The van der Waals surface area contributed by atoms with Crippen molar-refractivity contribution in [2.24, 2.45) is 0 Å². The predicted molar refractivity (Wildman–Crippen MR) is 111 cm³/mol. The van der Waals surface area contributed by atoms with Crippen LogP contribution in [0, 0.1) is 10.1 Å². The number of nitrogens with one attached hydrogen (secondary N) is 1. The largest absolute Gasteiger partial charge is 0.349 e. The SMILES string of the molecule is CCN(CC)c1nc(=O)c2cc(NC(=O)c3cccc([N+](=O)[O-])c3)ccc2s1. The molecule has 8 nitrogen and oxygen atoms in total. The Morgan fingerprint density at radius 3 is 2.64 bits per heavy atom. The summed E-state index contributed by atoms with van der Waals surface area (Å²) >= 11 is 1.41. The summed E-state index contributed by atoms with van der Waals surface area (Å²) in [5, 5.41) is 14.6. The van der Waals surface area contributed by atoms with Crippen LogP contribution in [0.3, 0.4) is 0 Å². The van der Waals surface area contributed by atoms with E-state index >= 15 is 0 Å². The van der Waals surface area contributed by atoms with Gasteiger partial charge in [-0.05, 0) is 38.1 Å². The Morgan fingerprint density at radius 2 is 1.96 bits per heavy atom. The zero-order chi connectivity index (χ0) is 20.3. The number of hydrogen-bond acceptors (Lipinski definition) is 7. The number of anilines is 2. The summed E-state index contributed by atoms with van der Waals surface area (Å²) in [4.78, 5) is 41.3. The fourth-order valence-corrected chi connectivity index (χ4v) is 3.83. The van der Waals surface area contributed by atoms with Crippen molar-refractivity contribution < 1.29 is 9.72 Å². The van der Waals surface area contributed by atoms with Gasteiger partial charge in [-0.1, -0.05) is 17.4 Å². The van der Waals surface area contributed by atoms with Gasteiger partial charge in [0.15, 0.2) is 5.13 Å². The van der Waals surface area contributed by atoms with Gasteiger partial charge in [0, 0.05) is 41.2 Å². The molecule has 28 heavy (non-hydrogen) atoms. The maximum Gasteiger partial charge on any atom is 0.281 e. The zero-order valence-corrected chi connectivity index (χ0v) is 16.2. The normalized spacial score (nSPS) is 10.6. The molecule has 0 aliphatic heterocycles. The van der Waals surface area contributed by atoms with Gasteiger partial charge >= 0.3 is 0 Å². The van der Waals surface area contributed by atoms with E-state index in [1.165, 1.54) is 35.6 Å². The first kappa shape index (κ1) is 19.4. The van der Waals surface area contributed by atoms with Gasteiger partial charge in [-0.25, -0.2) is 0 Å². The van der Waals surface area contributed by atoms with Gasteiger partial charge in [0.05, 0.1) is 10.3 Å². The molecule has 144 valence electrons. The van der Waals surface area contributed by atoms with Gasteiger partial charge < -0.3 is 10.2 Å². The van der Waals surface area contributed by atoms with E-state index in [4.69, 9.17) is 0 Å². The number of benzene rings is 2. The van der Waals surface area contributed by atoms with Gasteiger partial charge in [0.1, 0.15) is 0 Å². The van der Waals surface area contributed by atoms with Crippen LogP contribution in [0.2, 0.25) is 0 Å². The highest BCUT2D eigenvalue weighted by molar-refractivity contribution is 7.21. The summed E-state index contributed by atoms with van der Waals surface area (Å²) in [5.74, 6) is -0.494. The van der Waals surface area contributed by atoms with Crippen LogP contribution in [0.25, 0.3) is 10.1 Å². The molecule has 1 amide bonds. The highest BCUT2D eigenvalue weighted by atomic mass is 32.1. The lowest BCUT2D eigenvalue weighted by atomic mass is 10.2. The second-order valence-electron chi connectivity index (χ2n) is 5.95. The van der Waals surface area contributed by atoms with Crippen LogP contribution in [0.5, 0.6) is 0 Å². The van der Waals surface area contributed by atoms with E-state index < -0.39 is 10.8 Å². The van der Waals surface area contributed by atoms with Crippen LogP contribution in [0.1, 0.15) is 24.2 Å². The van der Waals surface area contributed by atoms with E-state index in [0.29, 0.717) is 16.2 Å². The number of rotatable bonds is 6. The smallest absolute Gasteiger partial charge is 0.281 e. The van der Waals surface area contributed by atoms with E-state index in [0.717, 1.165) is 17.8 Å². The predicted octanol–water partition coefficient (Wildman–Crippen LogP) is 3.66. The number of carbonyl (C=O) groups excluding carboxylic acids is 1. The minimum absolute atomic E-state index is 0.162. The van der Waals surface area contributed by atoms with Crippen molar-refractivity contribution in [3.8, 4) is 0 Å². The van der Waals surface area contributed by atoms with Crippen LogP contribution in [-0.4, -0.2) is 28.9 Å². The summed E-state index contributed by atoms with van der Waals surface area (Å²) in [6.07, 6.45) is 0. The van der Waals surface area contributed by atoms with Gasteiger partial charge in [-0.2, -0.15) is 4.98 Å². The molecule has 9 heteroatoms. The monoisotopic (exact) mass is 398 g/mol. The molecule has 0 bridgehead atoms. The summed E-state index contributed by atoms with van der Waals surface area (Å²) in [6.45, 7) is 5.50. The van der Waals surface area contributed by atoms with Gasteiger partial charge in [-0.15, -0.1) is 0 Å². The molecule has 1 aromatic heterocycles. The summed E-state index contributed by atoms with van der Waals surface area (Å²) in [7, 11) is 0. The molecule has 0 saturated heterocycles. The van der Waals surface area contributed by atoms with E-state index in [1.807, 2.05) is 18.7 Å². The molecule has 3 rings (SSSR count). The molecule has 0 radical (unpaired) electrons. The first-order chi connectivity index (χ1) is 13.4. The van der Waals surface area contributed by atoms with Crippen LogP contribution in [-0.2, 0) is 0 Å². The van der Waals surface area contributed by atoms with Crippen molar-refractivity contribution in [3.05, 3.63) is 68.5 Å². The highest BCUT2D eigenvalue weighted by Crippen LogP contribution is 2.26. The van der Waals surface area contributed by atoms with E-state index in [9.17, 15) is 19.7 Å². The molecule has 0 aliphatic rings. The van der Waals surface area contributed by atoms with E-state index in [-0.39, 0.29) is 16.8 Å². The molecule has 0 spiro atoms. The summed E-state index contributed by atoms with van der Waals surface area (Å²) in [6, 6.07) is 10.5. The minimum Gasteiger partial charge on any atom is -0.349 e. The number of fused-ring (bicyclic) bond motifs is 1. The molecule has 0 atom stereocenters. The Morgan fingerprint density at radius 1 is 1.21 bits per heavy atom. The molecule has 0 unspecified atom stereocenters. The first-order valence-electron chi connectivity index (χ1n) is 8.68. The molecule has 1 heterocycles. The highest BCUT2D eigenvalue weighted by Gasteiger charge is 2.13. The Bertz CT molecular complexity index is 1110. The van der Waals surface area contributed by atoms with Crippen LogP contribution in [0.15, 0.2) is 47.3 Å². The number of non-ortho nitro benzene ring substituents is 1. The van der Waals surface area contributed by atoms with Gasteiger partial charge in [0.2, 0.25) is 0 Å². The lowest BCUT2D eigenvalue weighted by Crippen LogP contribution is -2.24. The number of nitro groups is 1. The summed E-state index contributed by atoms with van der Waals surface area (Å²) < 4.78 is 0.773. The lowest BCUT2D eigenvalue weighted by molar-refractivity contribution is -0.384. The van der Waals surface area contributed by atoms with Crippen molar-refractivity contribution in [2.45, 2.75) is 13.8 Å². The topological polar surface area (TPSA) is 105 Å². The Balaban J connectivity index is 1.90. The third-order valence-electron chi connectivity index (χ3n) is 4.22. The Kier molecular flexibility index (Phi) is 5.65. The first-order valence-corrected chi connectivity index (χ1v) is 9.50. The number of nitro benzene ring substituents is 1. The van der Waals surface area contributed by atoms with E-state index in [2.05, 4.69) is 10.3 Å². The standard InChI is InChI=1S/C19H18N4O4S/c1-3-22(4-2)19-21-18(25)15-11-13(8-9-16(15)28-19)20-17(24)12-6-5-7-14(10-12)23(26)27/h5-11H,3-4H2,1-2H3,(H,20,24). The number of amides is 1. The molecule has 0 aliphatic carbocycles. The molecule has 0 fully saturated rings. The molecular formula is C19H18N4O4S. The number of aromatic nitrogens is 1. The number of carbonyl (C=O) groups is 1. The second-order valence-corrected chi connectivity index (χ2v) is 6.96. The average molecular weight is 398 g/mol. The zero-order valence-electron chi connectivity index (χ0n) is 15.3. The van der Waals surface area contributed by atoms with Crippen molar-refractivity contribution in [1.29, 1.82) is 0 Å². The van der Waals surface area contributed by atoms with Crippen molar-refractivity contribution in [1.82, 2.24) is 4.98 Å². The number of nitrogens with zero attached hydrogens (tertiary/aromatic N) is 3. The number of hydrogen-bond donors (Lipinski definition) is 1. The second kappa shape index (κ2) is 8.13. The molecular weight excluding hydrogens is 380 g/mol. The fourth-order valence-electron chi connectivity index (χ4n) is 2.73. The average Bonchev–Trinajstić information content (AvgIpc) is 2.69. The lowest BCUT2D eigenvalue weighted by Gasteiger charge is -2.18. The van der Waals surface area contributed by atoms with Crippen LogP contribution < -0.4 is 15.8 Å². The molecule has 0 saturated carbocycles. The summed E-state index contributed by atoms with van der Waals surface area (Å²) in [5.41, 5.74) is 0.0604. The molecule has 1 N–H and O–H groups in total. The minimum atomic E-state index is -0.558.